The third-order valence-corrected chi connectivity index (χ3v) is 2.81. The molecule has 3 N–H and O–H groups in total. The van der Waals surface area contributed by atoms with Gasteiger partial charge in [-0.15, -0.1) is 11.8 Å². The van der Waals surface area contributed by atoms with Crippen LogP contribution in [0, 0.1) is 10.1 Å². The van der Waals surface area contributed by atoms with Crippen molar-refractivity contribution in [3.63, 3.8) is 0 Å². The summed E-state index contributed by atoms with van der Waals surface area (Å²) in [5.41, 5.74) is 1.84. The maximum absolute atomic E-state index is 10.9. The van der Waals surface area contributed by atoms with Crippen LogP contribution in [0.4, 0.5) is 5.69 Å². The van der Waals surface area contributed by atoms with E-state index in [-0.39, 0.29) is 12.1 Å². The summed E-state index contributed by atoms with van der Waals surface area (Å²) in [6.45, 7) is 0. The minimum atomic E-state index is -0.460. The van der Waals surface area contributed by atoms with Gasteiger partial charge >= 0.3 is 5.97 Å². The van der Waals surface area contributed by atoms with Crippen molar-refractivity contribution in [1.82, 2.24) is 5.59 Å². The van der Waals surface area contributed by atoms with Gasteiger partial charge in [-0.2, -0.15) is 0 Å². The van der Waals surface area contributed by atoms with Crippen molar-refractivity contribution in [2.24, 2.45) is 5.84 Å². The fourth-order valence-electron chi connectivity index (χ4n) is 1.03. The van der Waals surface area contributed by atoms with E-state index in [0.29, 0.717) is 5.75 Å². The number of thioether (sulfide) groups is 1. The van der Waals surface area contributed by atoms with Gasteiger partial charge in [0.25, 0.3) is 5.69 Å². The molecule has 8 heteroatoms. The van der Waals surface area contributed by atoms with E-state index in [9.17, 15) is 14.9 Å². The van der Waals surface area contributed by atoms with E-state index < -0.39 is 10.9 Å². The van der Waals surface area contributed by atoms with Gasteiger partial charge in [-0.05, 0) is 12.1 Å². The van der Waals surface area contributed by atoms with E-state index >= 15 is 0 Å². The average molecular weight is 257 g/mol. The number of benzene rings is 1. The Kier molecular flexibility index (Phi) is 5.40. The van der Waals surface area contributed by atoms with Gasteiger partial charge in [-0.25, -0.2) is 5.84 Å². The Bertz CT molecular complexity index is 396. The summed E-state index contributed by atoms with van der Waals surface area (Å²) in [5.74, 6) is 4.85. The van der Waals surface area contributed by atoms with E-state index in [0.717, 1.165) is 4.90 Å². The zero-order chi connectivity index (χ0) is 12.7. The molecule has 7 nitrogen and oxygen atoms in total. The first-order valence-corrected chi connectivity index (χ1v) is 5.64. The highest BCUT2D eigenvalue weighted by atomic mass is 32.2. The number of hydrogen-bond donors (Lipinski definition) is 2. The number of carbonyl (C=O) groups excluding carboxylic acids is 1. The lowest BCUT2D eigenvalue weighted by molar-refractivity contribution is -0.384. The van der Waals surface area contributed by atoms with Gasteiger partial charge in [-0.3, -0.25) is 14.9 Å². The first kappa shape index (κ1) is 13.4. The van der Waals surface area contributed by atoms with Crippen molar-refractivity contribution in [3.8, 4) is 0 Å². The van der Waals surface area contributed by atoms with Gasteiger partial charge in [0, 0.05) is 22.8 Å². The van der Waals surface area contributed by atoms with Crippen LogP contribution < -0.4 is 11.4 Å². The number of nitro groups is 1. The van der Waals surface area contributed by atoms with Crippen molar-refractivity contribution in [2.75, 3.05) is 5.75 Å². The van der Waals surface area contributed by atoms with E-state index in [1.54, 1.807) is 17.7 Å². The molecule has 0 aliphatic rings. The second-order valence-corrected chi connectivity index (χ2v) is 4.11. The number of rotatable bonds is 6. The molecular formula is C9H11N3O4S. The smallest absolute Gasteiger partial charge is 0.327 e. The topological polar surface area (TPSA) is 107 Å². The molecule has 1 aromatic carbocycles. The highest BCUT2D eigenvalue weighted by Gasteiger charge is 2.05. The molecule has 0 aliphatic heterocycles. The number of nitrogens with zero attached hydrogens (tertiary/aromatic N) is 1. The van der Waals surface area contributed by atoms with Crippen LogP contribution in [-0.4, -0.2) is 16.6 Å². The van der Waals surface area contributed by atoms with Crippen LogP contribution in [0.1, 0.15) is 6.42 Å². The molecule has 0 aliphatic carbocycles. The Morgan fingerprint density at radius 2 is 2.12 bits per heavy atom. The first-order chi connectivity index (χ1) is 8.13. The van der Waals surface area contributed by atoms with Gasteiger partial charge in [0.15, 0.2) is 0 Å². The fourth-order valence-corrected chi connectivity index (χ4v) is 1.87. The number of non-ortho nitro benzene ring substituents is 1. The predicted octanol–water partition coefficient (Wildman–Crippen LogP) is 0.998. The van der Waals surface area contributed by atoms with Crippen LogP contribution in [-0.2, 0) is 9.63 Å². The number of hydrogen-bond acceptors (Lipinski definition) is 7. The number of nitro benzene ring substituents is 1. The normalized spacial score (nSPS) is 9.94. The second kappa shape index (κ2) is 6.84. The first-order valence-electron chi connectivity index (χ1n) is 4.66. The third kappa shape index (κ3) is 4.81. The molecule has 0 heterocycles. The van der Waals surface area contributed by atoms with Gasteiger partial charge in [0.1, 0.15) is 0 Å². The summed E-state index contributed by atoms with van der Waals surface area (Å²) >= 11 is 1.40. The molecule has 0 saturated heterocycles. The van der Waals surface area contributed by atoms with Crippen molar-refractivity contribution >= 4 is 23.4 Å². The van der Waals surface area contributed by atoms with Crippen molar-refractivity contribution < 1.29 is 14.6 Å². The average Bonchev–Trinajstić information content (AvgIpc) is 2.30. The second-order valence-electron chi connectivity index (χ2n) is 2.94. The molecule has 1 aromatic rings. The predicted molar refractivity (Wildman–Crippen MR) is 61.9 cm³/mol. The van der Waals surface area contributed by atoms with Gasteiger partial charge in [-0.1, -0.05) is 5.59 Å². The summed E-state index contributed by atoms with van der Waals surface area (Å²) in [5, 5.41) is 10.4. The maximum Gasteiger partial charge on any atom is 0.327 e. The molecule has 0 spiro atoms. The van der Waals surface area contributed by atoms with E-state index in [1.807, 2.05) is 0 Å². The van der Waals surface area contributed by atoms with Crippen LogP contribution >= 0.6 is 11.8 Å². The lowest BCUT2D eigenvalue weighted by Gasteiger charge is -2.01. The molecule has 0 saturated carbocycles. The molecule has 1 rings (SSSR count). The van der Waals surface area contributed by atoms with Gasteiger partial charge in [0.05, 0.1) is 11.3 Å². The molecule has 0 atom stereocenters. The molecule has 0 unspecified atom stereocenters. The van der Waals surface area contributed by atoms with Crippen LogP contribution in [0.25, 0.3) is 0 Å². The largest absolute Gasteiger partial charge is 0.356 e. The lowest BCUT2D eigenvalue weighted by Crippen LogP contribution is -2.26. The summed E-state index contributed by atoms with van der Waals surface area (Å²) in [7, 11) is 0. The minimum Gasteiger partial charge on any atom is -0.356 e. The quantitative estimate of drug-likeness (QED) is 0.338. The van der Waals surface area contributed by atoms with Crippen LogP contribution in [0.15, 0.2) is 29.2 Å². The summed E-state index contributed by atoms with van der Waals surface area (Å²) in [4.78, 5) is 26.0. The molecule has 0 amide bonds. The zero-order valence-corrected chi connectivity index (χ0v) is 9.61. The standard InChI is InChI=1S/C9H11N3O4S/c10-11-16-9(13)5-6-17-8-3-1-7(2-4-8)12(14)15/h1-4,11H,5-6,10H2. The Hall–Kier alpha value is -1.64. The number of nitrogens with one attached hydrogen (secondary N) is 1. The van der Waals surface area contributed by atoms with Crippen LogP contribution in [0.3, 0.4) is 0 Å². The summed E-state index contributed by atoms with van der Waals surface area (Å²) in [6, 6.07) is 6.11. The molecular weight excluding hydrogens is 246 g/mol. The maximum atomic E-state index is 10.9. The summed E-state index contributed by atoms with van der Waals surface area (Å²) in [6.07, 6.45) is 0.200. The Labute approximate surface area is 101 Å². The number of carbonyl (C=O) groups is 1. The van der Waals surface area contributed by atoms with E-state index in [4.69, 9.17) is 5.84 Å². The van der Waals surface area contributed by atoms with Crippen molar-refractivity contribution in [2.45, 2.75) is 11.3 Å². The molecule has 17 heavy (non-hydrogen) atoms. The Morgan fingerprint density at radius 3 is 2.65 bits per heavy atom. The van der Waals surface area contributed by atoms with Crippen molar-refractivity contribution in [3.05, 3.63) is 34.4 Å². The monoisotopic (exact) mass is 257 g/mol. The van der Waals surface area contributed by atoms with Gasteiger partial charge in [0.2, 0.25) is 0 Å². The van der Waals surface area contributed by atoms with Crippen LogP contribution in [0.2, 0.25) is 0 Å². The molecule has 0 fully saturated rings. The van der Waals surface area contributed by atoms with Gasteiger partial charge < -0.3 is 4.84 Å². The number of hydrazine groups is 1. The van der Waals surface area contributed by atoms with Crippen LogP contribution in [0.5, 0.6) is 0 Å². The Morgan fingerprint density at radius 1 is 1.47 bits per heavy atom. The zero-order valence-electron chi connectivity index (χ0n) is 8.79. The third-order valence-electron chi connectivity index (χ3n) is 1.80. The number of nitrogens with two attached hydrogens (primary N) is 1. The highest BCUT2D eigenvalue weighted by molar-refractivity contribution is 7.99. The minimum absolute atomic E-state index is 0.0427. The SMILES string of the molecule is NNOC(=O)CCSc1ccc([N+](=O)[O-])cc1. The van der Waals surface area contributed by atoms with Crippen molar-refractivity contribution in [1.29, 1.82) is 0 Å². The summed E-state index contributed by atoms with van der Waals surface area (Å²) < 4.78 is 0. The molecule has 0 radical (unpaired) electrons. The fraction of sp³-hybridized carbons (Fsp3) is 0.222. The molecule has 92 valence electrons. The molecule has 0 bridgehead atoms. The van der Waals surface area contributed by atoms with E-state index in [2.05, 4.69) is 4.84 Å². The highest BCUT2D eigenvalue weighted by Crippen LogP contribution is 2.21. The molecule has 0 aromatic heterocycles. The van der Waals surface area contributed by atoms with E-state index in [1.165, 1.54) is 23.9 Å². The Balaban J connectivity index is 2.37. The lowest BCUT2D eigenvalue weighted by atomic mass is 10.3.